The van der Waals surface area contributed by atoms with E-state index in [-0.39, 0.29) is 10.6 Å². The number of carbonyl (C=O) groups excluding carboxylic acids is 1. The summed E-state index contributed by atoms with van der Waals surface area (Å²) in [6, 6.07) is 7.16. The van der Waals surface area contributed by atoms with Crippen molar-refractivity contribution in [3.63, 3.8) is 0 Å². The number of halogens is 2. The Hall–Kier alpha value is -2.27. The zero-order chi connectivity index (χ0) is 16.3. The van der Waals surface area contributed by atoms with Crippen molar-refractivity contribution in [1.82, 2.24) is 0 Å². The second-order valence-corrected chi connectivity index (χ2v) is 5.04. The van der Waals surface area contributed by atoms with Crippen LogP contribution < -0.4 is 14.8 Å². The van der Waals surface area contributed by atoms with Gasteiger partial charge in [0.05, 0.1) is 19.8 Å². The van der Waals surface area contributed by atoms with E-state index in [4.69, 9.17) is 21.1 Å². The molecule has 0 aliphatic rings. The smallest absolute Gasteiger partial charge is 0.258 e. The minimum absolute atomic E-state index is 0.123. The summed E-state index contributed by atoms with van der Waals surface area (Å²) in [5, 5.41) is 2.94. The summed E-state index contributed by atoms with van der Waals surface area (Å²) in [4.78, 5) is 12.2. The number of amides is 1. The van der Waals surface area contributed by atoms with E-state index in [1.54, 1.807) is 19.1 Å². The number of methoxy groups -OCH3 is 2. The SMILES string of the molecule is COc1cc(C)c(NC(=O)c2cc(Cl)ccc2F)cc1OC. The van der Waals surface area contributed by atoms with Crippen LogP contribution in [0, 0.1) is 12.7 Å². The third-order valence-corrected chi connectivity index (χ3v) is 3.39. The second kappa shape index (κ2) is 6.66. The molecule has 0 aromatic heterocycles. The normalized spacial score (nSPS) is 10.2. The average Bonchev–Trinajstić information content (AvgIpc) is 2.51. The third kappa shape index (κ3) is 3.31. The van der Waals surface area contributed by atoms with Gasteiger partial charge in [0.15, 0.2) is 11.5 Å². The largest absolute Gasteiger partial charge is 0.493 e. The van der Waals surface area contributed by atoms with Gasteiger partial charge >= 0.3 is 0 Å². The van der Waals surface area contributed by atoms with E-state index in [0.717, 1.165) is 11.6 Å². The summed E-state index contributed by atoms with van der Waals surface area (Å²) in [5.41, 5.74) is 1.14. The molecule has 0 aliphatic carbocycles. The molecule has 0 radical (unpaired) electrons. The maximum atomic E-state index is 13.7. The molecule has 6 heteroatoms. The summed E-state index contributed by atoms with van der Waals surface area (Å²) in [6.45, 7) is 1.80. The van der Waals surface area contributed by atoms with E-state index in [2.05, 4.69) is 5.32 Å². The fourth-order valence-electron chi connectivity index (χ4n) is 1.98. The molecule has 0 spiro atoms. The van der Waals surface area contributed by atoms with Crippen LogP contribution in [0.25, 0.3) is 0 Å². The van der Waals surface area contributed by atoms with Crippen LogP contribution in [0.1, 0.15) is 15.9 Å². The fourth-order valence-corrected chi connectivity index (χ4v) is 2.15. The molecule has 2 aromatic rings. The van der Waals surface area contributed by atoms with Gasteiger partial charge in [0, 0.05) is 16.8 Å². The summed E-state index contributed by atoms with van der Waals surface area (Å²) in [5.74, 6) is -0.211. The van der Waals surface area contributed by atoms with Gasteiger partial charge in [0.1, 0.15) is 5.82 Å². The lowest BCUT2D eigenvalue weighted by molar-refractivity contribution is 0.102. The summed E-state index contributed by atoms with van der Waals surface area (Å²) >= 11 is 5.80. The molecule has 0 unspecified atom stereocenters. The van der Waals surface area contributed by atoms with Crippen molar-refractivity contribution in [1.29, 1.82) is 0 Å². The predicted octanol–water partition coefficient (Wildman–Crippen LogP) is 4.06. The van der Waals surface area contributed by atoms with E-state index in [1.165, 1.54) is 26.4 Å². The lowest BCUT2D eigenvalue weighted by Gasteiger charge is -2.14. The van der Waals surface area contributed by atoms with E-state index >= 15 is 0 Å². The number of anilines is 1. The Labute approximate surface area is 132 Å². The summed E-state index contributed by atoms with van der Waals surface area (Å²) in [7, 11) is 3.02. The van der Waals surface area contributed by atoms with Gasteiger partial charge in [-0.15, -0.1) is 0 Å². The average molecular weight is 324 g/mol. The molecule has 4 nitrogen and oxygen atoms in total. The van der Waals surface area contributed by atoms with Crippen LogP contribution in [0.5, 0.6) is 11.5 Å². The third-order valence-electron chi connectivity index (χ3n) is 3.15. The highest BCUT2D eigenvalue weighted by Crippen LogP contribution is 2.33. The van der Waals surface area contributed by atoms with Crippen molar-refractivity contribution in [2.75, 3.05) is 19.5 Å². The Kier molecular flexibility index (Phi) is 4.88. The summed E-state index contributed by atoms with van der Waals surface area (Å²) < 4.78 is 24.1. The lowest BCUT2D eigenvalue weighted by Crippen LogP contribution is -2.14. The molecule has 0 bridgehead atoms. The Bertz CT molecular complexity index is 719. The monoisotopic (exact) mass is 323 g/mol. The topological polar surface area (TPSA) is 47.6 Å². The molecule has 2 rings (SSSR count). The van der Waals surface area contributed by atoms with Gasteiger partial charge in [0.2, 0.25) is 0 Å². The van der Waals surface area contributed by atoms with Gasteiger partial charge < -0.3 is 14.8 Å². The molecule has 1 N–H and O–H groups in total. The van der Waals surface area contributed by atoms with Crippen molar-refractivity contribution in [3.8, 4) is 11.5 Å². The molecule has 2 aromatic carbocycles. The molecular weight excluding hydrogens is 309 g/mol. The number of hydrogen-bond donors (Lipinski definition) is 1. The maximum absolute atomic E-state index is 13.7. The molecule has 22 heavy (non-hydrogen) atoms. The Balaban J connectivity index is 2.34. The number of nitrogens with one attached hydrogen (secondary N) is 1. The van der Waals surface area contributed by atoms with E-state index in [9.17, 15) is 9.18 Å². The van der Waals surface area contributed by atoms with Crippen molar-refractivity contribution in [2.24, 2.45) is 0 Å². The molecule has 0 heterocycles. The number of ether oxygens (including phenoxy) is 2. The first kappa shape index (κ1) is 16.1. The molecule has 116 valence electrons. The minimum atomic E-state index is -0.639. The molecule has 1 amide bonds. The van der Waals surface area contributed by atoms with Crippen LogP contribution in [-0.4, -0.2) is 20.1 Å². The minimum Gasteiger partial charge on any atom is -0.493 e. The Morgan fingerprint density at radius 1 is 1.14 bits per heavy atom. The van der Waals surface area contributed by atoms with Crippen LogP contribution in [0.2, 0.25) is 5.02 Å². The molecular formula is C16H15ClFNO3. The first-order chi connectivity index (χ1) is 10.5. The highest BCUT2D eigenvalue weighted by Gasteiger charge is 2.15. The first-order valence-corrected chi connectivity index (χ1v) is 6.83. The van der Waals surface area contributed by atoms with Crippen molar-refractivity contribution < 1.29 is 18.7 Å². The lowest BCUT2D eigenvalue weighted by atomic mass is 10.1. The number of carbonyl (C=O) groups is 1. The van der Waals surface area contributed by atoms with Crippen LogP contribution in [0.3, 0.4) is 0 Å². The standard InChI is InChI=1S/C16H15ClFNO3/c1-9-6-14(21-2)15(22-3)8-13(9)19-16(20)11-7-10(17)4-5-12(11)18/h4-8H,1-3H3,(H,19,20). The van der Waals surface area contributed by atoms with Crippen LogP contribution >= 0.6 is 11.6 Å². The quantitative estimate of drug-likeness (QED) is 0.923. The summed E-state index contributed by atoms with van der Waals surface area (Å²) in [6.07, 6.45) is 0. The van der Waals surface area contributed by atoms with Gasteiger partial charge in [0.25, 0.3) is 5.91 Å². The second-order valence-electron chi connectivity index (χ2n) is 4.60. The molecule has 0 aliphatic heterocycles. The van der Waals surface area contributed by atoms with Crippen molar-refractivity contribution in [3.05, 3.63) is 52.3 Å². The molecule has 0 saturated heterocycles. The molecule has 0 atom stereocenters. The van der Waals surface area contributed by atoms with Gasteiger partial charge in [-0.3, -0.25) is 4.79 Å². The van der Waals surface area contributed by atoms with Gasteiger partial charge in [-0.1, -0.05) is 11.6 Å². The van der Waals surface area contributed by atoms with E-state index in [0.29, 0.717) is 17.2 Å². The van der Waals surface area contributed by atoms with Gasteiger partial charge in [-0.05, 0) is 36.8 Å². The number of aryl methyl sites for hydroxylation is 1. The van der Waals surface area contributed by atoms with Crippen molar-refractivity contribution >= 4 is 23.2 Å². The Morgan fingerprint density at radius 3 is 2.41 bits per heavy atom. The van der Waals surface area contributed by atoms with E-state index < -0.39 is 11.7 Å². The van der Waals surface area contributed by atoms with Gasteiger partial charge in [-0.2, -0.15) is 0 Å². The van der Waals surface area contributed by atoms with Crippen molar-refractivity contribution in [2.45, 2.75) is 6.92 Å². The zero-order valence-corrected chi connectivity index (χ0v) is 13.1. The highest BCUT2D eigenvalue weighted by molar-refractivity contribution is 6.31. The van der Waals surface area contributed by atoms with Crippen LogP contribution in [-0.2, 0) is 0 Å². The molecule has 0 saturated carbocycles. The highest BCUT2D eigenvalue weighted by atomic mass is 35.5. The first-order valence-electron chi connectivity index (χ1n) is 6.45. The van der Waals surface area contributed by atoms with Gasteiger partial charge in [-0.25, -0.2) is 4.39 Å². The predicted molar refractivity (Wildman–Crippen MR) is 83.6 cm³/mol. The van der Waals surface area contributed by atoms with Crippen LogP contribution in [0.15, 0.2) is 30.3 Å². The zero-order valence-electron chi connectivity index (χ0n) is 12.4. The number of hydrogen-bond acceptors (Lipinski definition) is 3. The molecule has 0 fully saturated rings. The number of rotatable bonds is 4. The van der Waals surface area contributed by atoms with E-state index in [1.807, 2.05) is 0 Å². The van der Waals surface area contributed by atoms with Crippen LogP contribution in [0.4, 0.5) is 10.1 Å². The number of benzene rings is 2. The maximum Gasteiger partial charge on any atom is 0.258 e. The Morgan fingerprint density at radius 2 is 1.77 bits per heavy atom. The fraction of sp³-hybridized carbons (Fsp3) is 0.188.